The number of esters is 1. The third-order valence-corrected chi connectivity index (χ3v) is 3.95. The summed E-state index contributed by atoms with van der Waals surface area (Å²) in [4.78, 5) is 25.5. The molecule has 1 aliphatic rings. The third-order valence-electron chi connectivity index (χ3n) is 3.95. The molecule has 3 rings (SSSR count). The highest BCUT2D eigenvalue weighted by Crippen LogP contribution is 2.31. The molecule has 0 amide bonds. The number of aromatic nitrogens is 1. The van der Waals surface area contributed by atoms with E-state index >= 15 is 0 Å². The van der Waals surface area contributed by atoms with Crippen molar-refractivity contribution in [1.29, 1.82) is 5.26 Å². The van der Waals surface area contributed by atoms with E-state index in [1.54, 1.807) is 31.2 Å². The summed E-state index contributed by atoms with van der Waals surface area (Å²) >= 11 is 0. The topological polar surface area (TPSA) is 96.2 Å². The summed E-state index contributed by atoms with van der Waals surface area (Å²) in [6, 6.07) is 11.1. The van der Waals surface area contributed by atoms with E-state index in [1.807, 2.05) is 6.07 Å². The maximum Gasteiger partial charge on any atom is 0.344 e. The summed E-state index contributed by atoms with van der Waals surface area (Å²) in [5.41, 5.74) is 3.46. The van der Waals surface area contributed by atoms with E-state index in [0.717, 1.165) is 6.42 Å². The molecule has 0 bridgehead atoms. The van der Waals surface area contributed by atoms with Crippen molar-refractivity contribution in [2.24, 2.45) is 0 Å². The molecule has 1 aromatic carbocycles. The lowest BCUT2D eigenvalue weighted by atomic mass is 9.96. The molecule has 7 nitrogen and oxygen atoms in total. The first-order chi connectivity index (χ1) is 12.2. The molecule has 0 aliphatic carbocycles. The Morgan fingerprint density at radius 2 is 2.08 bits per heavy atom. The molecule has 1 aromatic heterocycles. The minimum absolute atomic E-state index is 0.135. The molecule has 0 saturated carbocycles. The van der Waals surface area contributed by atoms with Gasteiger partial charge in [-0.25, -0.2) is 9.47 Å². The molecule has 1 aliphatic heterocycles. The van der Waals surface area contributed by atoms with Crippen molar-refractivity contribution in [3.8, 4) is 17.2 Å². The Hall–Kier alpha value is -3.27. The van der Waals surface area contributed by atoms with Crippen molar-refractivity contribution in [3.05, 3.63) is 51.8 Å². The Morgan fingerprint density at radius 1 is 1.32 bits per heavy atom. The standard InChI is InChI=1S/C18H18N4O3/c1-2-25-18(24)15-14(12-7-4-3-5-8-12)13(11-19)16-20-9-6-10-21-22(16)17(15)23/h3-5,7-8,20-21H,2,6,9-10H2,1H3. The molecule has 128 valence electrons. The molecule has 0 unspecified atom stereocenters. The van der Waals surface area contributed by atoms with Crippen LogP contribution in [0.15, 0.2) is 35.1 Å². The fraction of sp³-hybridized carbons (Fsp3) is 0.278. The van der Waals surface area contributed by atoms with Crippen molar-refractivity contribution in [3.63, 3.8) is 0 Å². The number of anilines is 1. The van der Waals surface area contributed by atoms with Gasteiger partial charge in [0.25, 0.3) is 5.56 Å². The number of rotatable bonds is 3. The van der Waals surface area contributed by atoms with E-state index in [4.69, 9.17) is 4.74 Å². The van der Waals surface area contributed by atoms with Gasteiger partial charge >= 0.3 is 5.97 Å². The Balaban J connectivity index is 2.40. The Bertz CT molecular complexity index is 897. The SMILES string of the molecule is CCOC(=O)c1c(-c2ccccc2)c(C#N)c2n(c1=O)NCCCN2. The summed E-state index contributed by atoms with van der Waals surface area (Å²) in [5, 5.41) is 12.9. The van der Waals surface area contributed by atoms with E-state index in [1.165, 1.54) is 4.68 Å². The van der Waals surface area contributed by atoms with E-state index in [0.29, 0.717) is 30.0 Å². The van der Waals surface area contributed by atoms with Crippen LogP contribution in [0, 0.1) is 11.3 Å². The monoisotopic (exact) mass is 338 g/mol. The number of nitriles is 1. The predicted molar refractivity (Wildman–Crippen MR) is 94.1 cm³/mol. The number of benzene rings is 1. The van der Waals surface area contributed by atoms with Crippen LogP contribution in [-0.2, 0) is 4.74 Å². The first-order valence-electron chi connectivity index (χ1n) is 8.12. The number of nitrogens with zero attached hydrogens (tertiary/aromatic N) is 2. The zero-order valence-electron chi connectivity index (χ0n) is 13.8. The Kier molecular flexibility index (Phi) is 4.70. The van der Waals surface area contributed by atoms with Crippen molar-refractivity contribution >= 4 is 11.8 Å². The average molecular weight is 338 g/mol. The summed E-state index contributed by atoms with van der Waals surface area (Å²) < 4.78 is 6.32. The highest BCUT2D eigenvalue weighted by molar-refractivity contribution is 5.99. The number of hydrogen-bond acceptors (Lipinski definition) is 6. The number of carbonyl (C=O) groups excluding carboxylic acids is 1. The lowest BCUT2D eigenvalue weighted by molar-refractivity contribution is 0.0524. The zero-order chi connectivity index (χ0) is 17.8. The van der Waals surface area contributed by atoms with Crippen molar-refractivity contribution in [1.82, 2.24) is 4.68 Å². The van der Waals surface area contributed by atoms with Gasteiger partial charge in [-0.1, -0.05) is 30.3 Å². The van der Waals surface area contributed by atoms with E-state index in [9.17, 15) is 14.9 Å². The number of carbonyl (C=O) groups is 1. The average Bonchev–Trinajstić information content (AvgIpc) is 2.88. The summed E-state index contributed by atoms with van der Waals surface area (Å²) in [5.74, 6) is -0.360. The molecule has 25 heavy (non-hydrogen) atoms. The molecule has 2 heterocycles. The summed E-state index contributed by atoms with van der Waals surface area (Å²) in [6.45, 7) is 2.99. The van der Waals surface area contributed by atoms with E-state index in [2.05, 4.69) is 16.8 Å². The predicted octanol–water partition coefficient (Wildman–Crippen LogP) is 1.92. The molecule has 0 spiro atoms. The van der Waals surface area contributed by atoms with E-state index in [-0.39, 0.29) is 17.7 Å². The van der Waals surface area contributed by atoms with E-state index < -0.39 is 11.5 Å². The summed E-state index contributed by atoms with van der Waals surface area (Å²) in [6.07, 6.45) is 0.779. The number of hydrogen-bond donors (Lipinski definition) is 2. The van der Waals surface area contributed by atoms with Crippen LogP contribution in [-0.4, -0.2) is 30.3 Å². The lowest BCUT2D eigenvalue weighted by Gasteiger charge is -2.19. The Labute approximate surface area is 144 Å². The van der Waals surface area contributed by atoms with Gasteiger partial charge < -0.3 is 15.5 Å². The molecular weight excluding hydrogens is 320 g/mol. The number of fused-ring (bicyclic) bond motifs is 1. The second-order valence-electron chi connectivity index (χ2n) is 5.50. The second kappa shape index (κ2) is 7.09. The largest absolute Gasteiger partial charge is 0.462 e. The van der Waals surface area contributed by atoms with Crippen LogP contribution in [0.2, 0.25) is 0 Å². The van der Waals surface area contributed by atoms with Gasteiger partial charge in [0.2, 0.25) is 0 Å². The first kappa shape index (κ1) is 16.6. The molecule has 0 radical (unpaired) electrons. The minimum Gasteiger partial charge on any atom is -0.462 e. The van der Waals surface area contributed by atoms with Crippen molar-refractivity contribution < 1.29 is 9.53 Å². The first-order valence-corrected chi connectivity index (χ1v) is 8.12. The van der Waals surface area contributed by atoms with Crippen LogP contribution in [0.25, 0.3) is 11.1 Å². The number of nitrogens with one attached hydrogen (secondary N) is 2. The molecule has 2 N–H and O–H groups in total. The fourth-order valence-electron chi connectivity index (χ4n) is 2.87. The van der Waals surface area contributed by atoms with Crippen LogP contribution >= 0.6 is 0 Å². The van der Waals surface area contributed by atoms with Crippen molar-refractivity contribution in [2.75, 3.05) is 30.4 Å². The zero-order valence-corrected chi connectivity index (χ0v) is 13.8. The maximum atomic E-state index is 13.0. The van der Waals surface area contributed by atoms with Crippen molar-refractivity contribution in [2.45, 2.75) is 13.3 Å². The van der Waals surface area contributed by atoms with Gasteiger partial charge in [0.1, 0.15) is 23.0 Å². The van der Waals surface area contributed by atoms with Gasteiger partial charge in [-0.15, -0.1) is 0 Å². The van der Waals surface area contributed by atoms with Crippen LogP contribution in [0.3, 0.4) is 0 Å². The van der Waals surface area contributed by atoms with Gasteiger partial charge in [-0.2, -0.15) is 5.26 Å². The minimum atomic E-state index is -0.732. The normalized spacial score (nSPS) is 12.8. The third kappa shape index (κ3) is 2.94. The molecular formula is C18H18N4O3. The number of ether oxygens (including phenoxy) is 1. The van der Waals surface area contributed by atoms with Crippen LogP contribution in [0.5, 0.6) is 0 Å². The molecule has 7 heteroatoms. The maximum absolute atomic E-state index is 13.0. The van der Waals surface area contributed by atoms with Crippen LogP contribution in [0.1, 0.15) is 29.3 Å². The highest BCUT2D eigenvalue weighted by atomic mass is 16.5. The molecule has 2 aromatic rings. The molecule has 0 fully saturated rings. The number of pyridine rings is 1. The highest BCUT2D eigenvalue weighted by Gasteiger charge is 2.28. The molecule has 0 atom stereocenters. The van der Waals surface area contributed by atoms with Gasteiger partial charge in [0.15, 0.2) is 0 Å². The Morgan fingerprint density at radius 3 is 2.76 bits per heavy atom. The van der Waals surface area contributed by atoms with Gasteiger partial charge in [-0.3, -0.25) is 4.79 Å². The smallest absolute Gasteiger partial charge is 0.344 e. The fourth-order valence-corrected chi connectivity index (χ4v) is 2.87. The van der Waals surface area contributed by atoms with Crippen LogP contribution in [0.4, 0.5) is 5.82 Å². The second-order valence-corrected chi connectivity index (χ2v) is 5.50. The lowest BCUT2D eigenvalue weighted by Crippen LogP contribution is -2.35. The quantitative estimate of drug-likeness (QED) is 0.830. The van der Waals surface area contributed by atoms with Gasteiger partial charge in [0, 0.05) is 18.7 Å². The van der Waals surface area contributed by atoms with Gasteiger partial charge in [-0.05, 0) is 18.9 Å². The molecule has 0 saturated heterocycles. The van der Waals surface area contributed by atoms with Gasteiger partial charge in [0.05, 0.1) is 6.61 Å². The van der Waals surface area contributed by atoms with Crippen LogP contribution < -0.4 is 16.3 Å². The summed E-state index contributed by atoms with van der Waals surface area (Å²) in [7, 11) is 0.